The van der Waals surface area contributed by atoms with Gasteiger partial charge in [-0.2, -0.15) is 0 Å². The molecule has 0 spiro atoms. The first kappa shape index (κ1) is 25.7. The number of thiazole rings is 1. The van der Waals surface area contributed by atoms with E-state index in [9.17, 15) is 14.4 Å². The predicted molar refractivity (Wildman–Crippen MR) is 152 cm³/mol. The van der Waals surface area contributed by atoms with Crippen molar-refractivity contribution in [2.24, 2.45) is 5.92 Å². The molecule has 0 aliphatic carbocycles. The Hall–Kier alpha value is -3.53. The number of imide groups is 1. The normalized spacial score (nSPS) is 20.1. The molecule has 39 heavy (non-hydrogen) atoms. The maximum atomic E-state index is 13.9. The molecule has 198 valence electrons. The largest absolute Gasteiger partial charge is 0.493 e. The Kier molecular flexibility index (Phi) is 6.74. The summed E-state index contributed by atoms with van der Waals surface area (Å²) in [7, 11) is 1.56. The maximum absolute atomic E-state index is 13.9. The number of H-pyrrole nitrogens is 1. The molecule has 2 amide bonds. The van der Waals surface area contributed by atoms with E-state index in [2.05, 4.69) is 11.1 Å². The zero-order valence-electron chi connectivity index (χ0n) is 21.0. The van der Waals surface area contributed by atoms with Crippen LogP contribution in [-0.2, 0) is 16.2 Å². The standard InChI is InChI=1S/C29H23ClN2O5S2/c1-15-4-3-5-16(12-15)14-37-20-11-6-17(13-21(20)36-2)22-23-25(38-26-24(22)39-29(35)31-26)28(34)32(27(23)33)19-9-7-18(30)8-10-19/h3-13,22-23,25H,14H2,1-2H3,(H,31,35)/t22-,23?,25?/m1/s1. The minimum absolute atomic E-state index is 0.225. The van der Waals surface area contributed by atoms with E-state index in [0.717, 1.165) is 32.9 Å². The number of thioether (sulfide) groups is 1. The van der Waals surface area contributed by atoms with Crippen LogP contribution in [0.5, 0.6) is 11.5 Å². The van der Waals surface area contributed by atoms with Crippen molar-refractivity contribution in [3.8, 4) is 11.5 Å². The quantitative estimate of drug-likeness (QED) is 0.292. The number of carbonyl (C=O) groups is 2. The van der Waals surface area contributed by atoms with Crippen molar-refractivity contribution in [1.82, 2.24) is 4.98 Å². The molecule has 1 N–H and O–H groups in total. The Morgan fingerprint density at radius 2 is 1.77 bits per heavy atom. The fourth-order valence-electron chi connectivity index (χ4n) is 5.18. The van der Waals surface area contributed by atoms with Gasteiger partial charge >= 0.3 is 4.87 Å². The number of carbonyl (C=O) groups excluding carboxylic acids is 2. The van der Waals surface area contributed by atoms with E-state index in [1.807, 2.05) is 43.3 Å². The number of ether oxygens (including phenoxy) is 2. The van der Waals surface area contributed by atoms with E-state index >= 15 is 0 Å². The van der Waals surface area contributed by atoms with E-state index in [-0.39, 0.29) is 16.7 Å². The number of benzene rings is 3. The summed E-state index contributed by atoms with van der Waals surface area (Å²) in [6, 6.07) is 20.2. The third kappa shape index (κ3) is 4.64. The van der Waals surface area contributed by atoms with Gasteiger partial charge < -0.3 is 14.5 Å². The topological polar surface area (TPSA) is 88.7 Å². The molecule has 2 aliphatic heterocycles. The van der Waals surface area contributed by atoms with E-state index in [1.165, 1.54) is 16.7 Å². The first-order chi connectivity index (χ1) is 18.8. The van der Waals surface area contributed by atoms with Crippen molar-refractivity contribution < 1.29 is 19.1 Å². The molecule has 7 nitrogen and oxygen atoms in total. The summed E-state index contributed by atoms with van der Waals surface area (Å²) in [5, 5.41) is 0.451. The highest BCUT2D eigenvalue weighted by Gasteiger charge is 2.56. The van der Waals surface area contributed by atoms with Crippen LogP contribution in [0.1, 0.15) is 27.5 Å². The number of nitrogens with one attached hydrogen (secondary N) is 1. The third-order valence-electron chi connectivity index (χ3n) is 6.93. The molecular weight excluding hydrogens is 556 g/mol. The molecule has 2 aliphatic rings. The lowest BCUT2D eigenvalue weighted by molar-refractivity contribution is -0.122. The number of fused-ring (bicyclic) bond motifs is 2. The van der Waals surface area contributed by atoms with Crippen molar-refractivity contribution in [3.63, 3.8) is 0 Å². The molecule has 3 heterocycles. The number of aromatic nitrogens is 1. The number of hydrogen-bond acceptors (Lipinski definition) is 7. The summed E-state index contributed by atoms with van der Waals surface area (Å²) < 4.78 is 11.7. The van der Waals surface area contributed by atoms with Crippen molar-refractivity contribution in [2.75, 3.05) is 12.0 Å². The summed E-state index contributed by atoms with van der Waals surface area (Å²) in [6.07, 6.45) is 0. The van der Waals surface area contributed by atoms with Crippen LogP contribution in [0.15, 0.2) is 76.6 Å². The Balaban J connectivity index is 1.37. The number of nitrogens with zero attached hydrogens (tertiary/aromatic N) is 1. The Labute approximate surface area is 237 Å². The van der Waals surface area contributed by atoms with Gasteiger partial charge in [-0.05, 0) is 54.4 Å². The van der Waals surface area contributed by atoms with Crippen molar-refractivity contribution in [2.45, 2.75) is 29.7 Å². The van der Waals surface area contributed by atoms with Gasteiger partial charge in [0.1, 0.15) is 11.9 Å². The lowest BCUT2D eigenvalue weighted by Gasteiger charge is -2.30. The average molecular weight is 579 g/mol. The second-order valence-corrected chi connectivity index (χ2v) is 12.0. The summed E-state index contributed by atoms with van der Waals surface area (Å²) in [6.45, 7) is 2.40. The molecule has 0 radical (unpaired) electrons. The molecule has 4 aromatic rings. The Bertz CT molecular complexity index is 1650. The van der Waals surface area contributed by atoms with Gasteiger partial charge in [-0.15, -0.1) is 0 Å². The molecule has 6 rings (SSSR count). The van der Waals surface area contributed by atoms with Crippen LogP contribution >= 0.6 is 34.7 Å². The zero-order valence-corrected chi connectivity index (χ0v) is 23.4. The molecule has 3 aromatic carbocycles. The summed E-state index contributed by atoms with van der Waals surface area (Å²) in [4.78, 5) is 44.4. The van der Waals surface area contributed by atoms with Gasteiger partial charge in [0.05, 0.1) is 23.7 Å². The third-order valence-corrected chi connectivity index (χ3v) is 9.59. The minimum Gasteiger partial charge on any atom is -0.493 e. The first-order valence-electron chi connectivity index (χ1n) is 12.2. The molecule has 1 saturated heterocycles. The zero-order chi connectivity index (χ0) is 27.3. The minimum atomic E-state index is -0.694. The van der Waals surface area contributed by atoms with E-state index in [4.69, 9.17) is 21.1 Å². The van der Waals surface area contributed by atoms with Gasteiger partial charge in [0.2, 0.25) is 11.8 Å². The van der Waals surface area contributed by atoms with Crippen LogP contribution in [0.2, 0.25) is 5.02 Å². The van der Waals surface area contributed by atoms with Crippen molar-refractivity contribution >= 4 is 52.2 Å². The van der Waals surface area contributed by atoms with Crippen LogP contribution < -0.4 is 19.2 Å². The number of aryl methyl sites for hydroxylation is 1. The molecular formula is C29H23ClN2O5S2. The monoisotopic (exact) mass is 578 g/mol. The number of methoxy groups -OCH3 is 1. The predicted octanol–water partition coefficient (Wildman–Crippen LogP) is 5.78. The van der Waals surface area contributed by atoms with Crippen LogP contribution in [0.4, 0.5) is 5.69 Å². The highest BCUT2D eigenvalue weighted by Crippen LogP contribution is 2.53. The fourth-order valence-corrected chi connectivity index (χ4v) is 7.82. The van der Waals surface area contributed by atoms with Gasteiger partial charge in [0, 0.05) is 15.8 Å². The Morgan fingerprint density at radius 1 is 0.974 bits per heavy atom. The summed E-state index contributed by atoms with van der Waals surface area (Å²) in [5.41, 5.74) is 3.42. The second kappa shape index (κ2) is 10.2. The van der Waals surface area contributed by atoms with Crippen molar-refractivity contribution in [1.29, 1.82) is 0 Å². The molecule has 3 atom stereocenters. The molecule has 1 fully saturated rings. The smallest absolute Gasteiger partial charge is 0.305 e. The molecule has 10 heteroatoms. The number of amides is 2. The lowest BCUT2D eigenvalue weighted by Crippen LogP contribution is -2.32. The molecule has 0 bridgehead atoms. The lowest BCUT2D eigenvalue weighted by atomic mass is 9.83. The number of halogens is 1. The fraction of sp³-hybridized carbons (Fsp3) is 0.207. The van der Waals surface area contributed by atoms with Gasteiger partial charge in [0.15, 0.2) is 11.5 Å². The average Bonchev–Trinajstić information content (AvgIpc) is 3.42. The highest BCUT2D eigenvalue weighted by atomic mass is 35.5. The van der Waals surface area contributed by atoms with Crippen molar-refractivity contribution in [3.05, 3.63) is 103 Å². The SMILES string of the molecule is COc1cc([C@H]2c3sc(=O)[nH]c3SC3C(=O)N(c4ccc(Cl)cc4)C(=O)C32)ccc1OCc1cccc(C)c1. The van der Waals surface area contributed by atoms with Gasteiger partial charge in [-0.1, -0.05) is 70.6 Å². The second-order valence-electron chi connectivity index (χ2n) is 9.43. The van der Waals surface area contributed by atoms with Crippen LogP contribution in [0.3, 0.4) is 0 Å². The van der Waals surface area contributed by atoms with E-state index < -0.39 is 17.1 Å². The van der Waals surface area contributed by atoms with Gasteiger partial charge in [0.25, 0.3) is 0 Å². The molecule has 1 aromatic heterocycles. The summed E-state index contributed by atoms with van der Waals surface area (Å²) >= 11 is 8.34. The van der Waals surface area contributed by atoms with Crippen LogP contribution in [-0.4, -0.2) is 29.2 Å². The number of anilines is 1. The number of hydrogen-bond donors (Lipinski definition) is 1. The summed E-state index contributed by atoms with van der Waals surface area (Å²) in [5.74, 6) is -0.765. The molecule has 0 saturated carbocycles. The van der Waals surface area contributed by atoms with Crippen LogP contribution in [0.25, 0.3) is 0 Å². The van der Waals surface area contributed by atoms with E-state index in [1.54, 1.807) is 31.4 Å². The van der Waals surface area contributed by atoms with E-state index in [0.29, 0.717) is 33.8 Å². The Morgan fingerprint density at radius 3 is 2.51 bits per heavy atom. The maximum Gasteiger partial charge on any atom is 0.305 e. The first-order valence-corrected chi connectivity index (χ1v) is 14.3. The molecule has 2 unspecified atom stereocenters. The highest BCUT2D eigenvalue weighted by molar-refractivity contribution is 8.00. The number of rotatable bonds is 6. The van der Waals surface area contributed by atoms with Gasteiger partial charge in [-0.25, -0.2) is 4.90 Å². The van der Waals surface area contributed by atoms with Crippen LogP contribution in [0, 0.1) is 12.8 Å². The number of aromatic amines is 1. The van der Waals surface area contributed by atoms with Gasteiger partial charge in [-0.3, -0.25) is 14.4 Å².